The molecule has 0 aromatic heterocycles. The summed E-state index contributed by atoms with van der Waals surface area (Å²) in [5, 5.41) is 4.00. The van der Waals surface area contributed by atoms with Crippen molar-refractivity contribution in [1.29, 1.82) is 0 Å². The van der Waals surface area contributed by atoms with Crippen LogP contribution in [0.4, 0.5) is 5.69 Å². The van der Waals surface area contributed by atoms with E-state index in [1.165, 1.54) is 0 Å². The molecule has 1 aliphatic carbocycles. The first-order valence-electron chi connectivity index (χ1n) is 5.28. The van der Waals surface area contributed by atoms with Crippen LogP contribution in [0.15, 0.2) is 24.3 Å². The Morgan fingerprint density at radius 2 is 2.07 bits per heavy atom. The fourth-order valence-corrected chi connectivity index (χ4v) is 2.04. The number of anilines is 1. The van der Waals surface area contributed by atoms with Gasteiger partial charge >= 0.3 is 0 Å². The number of halogens is 1. The highest BCUT2D eigenvalue weighted by molar-refractivity contribution is 6.30. The van der Waals surface area contributed by atoms with Crippen LogP contribution in [0.2, 0.25) is 5.02 Å². The second-order valence-corrected chi connectivity index (χ2v) is 4.38. The van der Waals surface area contributed by atoms with E-state index in [0.717, 1.165) is 36.5 Å². The summed E-state index contributed by atoms with van der Waals surface area (Å²) in [4.78, 5) is 11.4. The molecule has 0 bridgehead atoms. The fraction of sp³-hybridized carbons (Fsp3) is 0.417. The first-order valence-corrected chi connectivity index (χ1v) is 5.65. The van der Waals surface area contributed by atoms with Gasteiger partial charge in [0.05, 0.1) is 0 Å². The Hall–Kier alpha value is -1.02. The molecule has 15 heavy (non-hydrogen) atoms. The zero-order valence-corrected chi connectivity index (χ0v) is 9.26. The maximum atomic E-state index is 11.4. The van der Waals surface area contributed by atoms with Crippen LogP contribution < -0.4 is 5.32 Å². The number of nitrogens with one attached hydrogen (secondary N) is 1. The molecule has 0 spiro atoms. The van der Waals surface area contributed by atoms with Gasteiger partial charge in [-0.05, 0) is 37.1 Å². The van der Waals surface area contributed by atoms with E-state index >= 15 is 0 Å². The largest absolute Gasteiger partial charge is 0.384 e. The van der Waals surface area contributed by atoms with Gasteiger partial charge in [-0.25, -0.2) is 0 Å². The molecule has 3 heteroatoms. The standard InChI is InChI=1S/C12H14ClNO/c13-10-4-6-11(7-5-10)14-8-9-2-1-3-12(9)15/h4-7,9,14H,1-3,8H2. The lowest BCUT2D eigenvalue weighted by molar-refractivity contribution is -0.120. The molecular weight excluding hydrogens is 210 g/mol. The highest BCUT2D eigenvalue weighted by Crippen LogP contribution is 2.22. The molecule has 1 atom stereocenters. The van der Waals surface area contributed by atoms with Crippen LogP contribution in [0.3, 0.4) is 0 Å². The third-order valence-electron chi connectivity index (χ3n) is 2.83. The van der Waals surface area contributed by atoms with Crippen molar-refractivity contribution in [3.05, 3.63) is 29.3 Å². The number of hydrogen-bond acceptors (Lipinski definition) is 2. The summed E-state index contributed by atoms with van der Waals surface area (Å²) in [6.45, 7) is 0.750. The van der Waals surface area contributed by atoms with E-state index in [9.17, 15) is 4.79 Å². The van der Waals surface area contributed by atoms with E-state index in [1.54, 1.807) is 0 Å². The van der Waals surface area contributed by atoms with Gasteiger partial charge in [-0.1, -0.05) is 11.6 Å². The van der Waals surface area contributed by atoms with Crippen molar-refractivity contribution in [3.63, 3.8) is 0 Å². The number of carbonyl (C=O) groups excluding carboxylic acids is 1. The van der Waals surface area contributed by atoms with Gasteiger partial charge in [-0.15, -0.1) is 0 Å². The Labute approximate surface area is 94.6 Å². The lowest BCUT2D eigenvalue weighted by Gasteiger charge is -2.10. The zero-order chi connectivity index (χ0) is 10.7. The third-order valence-corrected chi connectivity index (χ3v) is 3.08. The topological polar surface area (TPSA) is 29.1 Å². The molecule has 0 aliphatic heterocycles. The maximum Gasteiger partial charge on any atom is 0.137 e. The summed E-state index contributed by atoms with van der Waals surface area (Å²) in [5.74, 6) is 0.608. The van der Waals surface area contributed by atoms with Crippen molar-refractivity contribution in [2.75, 3.05) is 11.9 Å². The van der Waals surface area contributed by atoms with Crippen LogP contribution >= 0.6 is 11.6 Å². The number of Topliss-reactive ketones (excluding diaryl/α,β-unsaturated/α-hetero) is 1. The SMILES string of the molecule is O=C1CCCC1CNc1ccc(Cl)cc1. The maximum absolute atomic E-state index is 11.4. The summed E-state index contributed by atoms with van der Waals surface area (Å²) in [7, 11) is 0. The monoisotopic (exact) mass is 223 g/mol. The van der Waals surface area contributed by atoms with E-state index in [1.807, 2.05) is 24.3 Å². The second kappa shape index (κ2) is 4.67. The summed E-state index contributed by atoms with van der Waals surface area (Å²) in [6.07, 6.45) is 2.83. The smallest absolute Gasteiger partial charge is 0.137 e. The molecule has 1 fully saturated rings. The van der Waals surface area contributed by atoms with Gasteiger partial charge < -0.3 is 5.32 Å². The quantitative estimate of drug-likeness (QED) is 0.853. The van der Waals surface area contributed by atoms with Gasteiger partial charge in [0.1, 0.15) is 5.78 Å². The van der Waals surface area contributed by atoms with Crippen molar-refractivity contribution in [2.45, 2.75) is 19.3 Å². The summed E-state index contributed by atoms with van der Waals surface area (Å²) >= 11 is 5.78. The van der Waals surface area contributed by atoms with Gasteiger partial charge in [0.15, 0.2) is 0 Å². The Balaban J connectivity index is 1.87. The van der Waals surface area contributed by atoms with E-state index in [2.05, 4.69) is 5.32 Å². The fourth-order valence-electron chi connectivity index (χ4n) is 1.91. The van der Waals surface area contributed by atoms with Crippen LogP contribution in [0.1, 0.15) is 19.3 Å². The van der Waals surface area contributed by atoms with Crippen LogP contribution in [-0.2, 0) is 4.79 Å². The number of ketones is 1. The van der Waals surface area contributed by atoms with Gasteiger partial charge in [-0.3, -0.25) is 4.79 Å². The average Bonchev–Trinajstić information content (AvgIpc) is 2.63. The molecule has 0 amide bonds. The minimum absolute atomic E-state index is 0.209. The molecule has 2 rings (SSSR count). The van der Waals surface area contributed by atoms with Crippen molar-refractivity contribution in [3.8, 4) is 0 Å². The number of rotatable bonds is 3. The second-order valence-electron chi connectivity index (χ2n) is 3.94. The molecule has 1 aliphatic rings. The first-order chi connectivity index (χ1) is 7.25. The average molecular weight is 224 g/mol. The van der Waals surface area contributed by atoms with Gasteiger partial charge in [-0.2, -0.15) is 0 Å². The van der Waals surface area contributed by atoms with E-state index in [-0.39, 0.29) is 5.92 Å². The molecule has 1 unspecified atom stereocenters. The molecular formula is C12H14ClNO. The Kier molecular flexibility index (Phi) is 3.27. The molecule has 1 aromatic carbocycles. The van der Waals surface area contributed by atoms with Crippen molar-refractivity contribution in [2.24, 2.45) is 5.92 Å². The predicted molar refractivity (Wildman–Crippen MR) is 62.3 cm³/mol. The van der Waals surface area contributed by atoms with Crippen LogP contribution in [0.25, 0.3) is 0 Å². The van der Waals surface area contributed by atoms with Gasteiger partial charge in [0, 0.05) is 29.6 Å². The molecule has 1 aromatic rings. The lowest BCUT2D eigenvalue weighted by atomic mass is 10.1. The number of benzene rings is 1. The van der Waals surface area contributed by atoms with Gasteiger partial charge in [0.2, 0.25) is 0 Å². The predicted octanol–water partition coefficient (Wildman–Crippen LogP) is 3.12. The van der Waals surface area contributed by atoms with Crippen LogP contribution in [0, 0.1) is 5.92 Å². The molecule has 0 radical (unpaired) electrons. The van der Waals surface area contributed by atoms with Crippen molar-refractivity contribution in [1.82, 2.24) is 0 Å². The van der Waals surface area contributed by atoms with Crippen molar-refractivity contribution < 1.29 is 4.79 Å². The molecule has 0 saturated heterocycles. The van der Waals surface area contributed by atoms with Crippen LogP contribution in [0.5, 0.6) is 0 Å². The summed E-state index contributed by atoms with van der Waals surface area (Å²) < 4.78 is 0. The number of hydrogen-bond donors (Lipinski definition) is 1. The summed E-state index contributed by atoms with van der Waals surface area (Å²) in [5.41, 5.74) is 1.03. The zero-order valence-electron chi connectivity index (χ0n) is 8.50. The third kappa shape index (κ3) is 2.72. The van der Waals surface area contributed by atoms with Gasteiger partial charge in [0.25, 0.3) is 0 Å². The Morgan fingerprint density at radius 3 is 2.67 bits per heavy atom. The molecule has 2 nitrogen and oxygen atoms in total. The first kappa shape index (κ1) is 10.5. The highest BCUT2D eigenvalue weighted by atomic mass is 35.5. The highest BCUT2D eigenvalue weighted by Gasteiger charge is 2.23. The molecule has 1 saturated carbocycles. The Bertz CT molecular complexity index is 347. The molecule has 1 N–H and O–H groups in total. The minimum atomic E-state index is 0.209. The number of carbonyl (C=O) groups is 1. The van der Waals surface area contributed by atoms with E-state index in [0.29, 0.717) is 5.78 Å². The van der Waals surface area contributed by atoms with Crippen LogP contribution in [-0.4, -0.2) is 12.3 Å². The molecule has 80 valence electrons. The Morgan fingerprint density at radius 1 is 1.33 bits per heavy atom. The van der Waals surface area contributed by atoms with E-state index < -0.39 is 0 Å². The van der Waals surface area contributed by atoms with E-state index in [4.69, 9.17) is 11.6 Å². The minimum Gasteiger partial charge on any atom is -0.384 e. The lowest BCUT2D eigenvalue weighted by Crippen LogP contribution is -2.17. The van der Waals surface area contributed by atoms with Crippen molar-refractivity contribution >= 4 is 23.1 Å². The summed E-state index contributed by atoms with van der Waals surface area (Å²) in [6, 6.07) is 7.56. The normalized spacial score (nSPS) is 20.6. The molecule has 0 heterocycles.